The highest BCUT2D eigenvalue weighted by atomic mass is 35.5. The molecule has 0 spiro atoms. The third-order valence-electron chi connectivity index (χ3n) is 4.82. The van der Waals surface area contributed by atoms with Gasteiger partial charge in [-0.05, 0) is 37.6 Å². The Bertz CT molecular complexity index is 1320. The van der Waals surface area contributed by atoms with Gasteiger partial charge in [0.05, 0.1) is 17.6 Å². The van der Waals surface area contributed by atoms with Crippen molar-refractivity contribution in [2.75, 3.05) is 5.32 Å². The Morgan fingerprint density at radius 3 is 2.66 bits per heavy atom. The third kappa shape index (κ3) is 4.58. The van der Waals surface area contributed by atoms with Crippen LogP contribution in [0.3, 0.4) is 0 Å². The van der Waals surface area contributed by atoms with Crippen LogP contribution in [-0.2, 0) is 17.9 Å². The lowest BCUT2D eigenvalue weighted by molar-refractivity contribution is -0.116. The van der Waals surface area contributed by atoms with Gasteiger partial charge < -0.3 is 5.32 Å². The SMILES string of the molecule is Cc1cc(C(F)F)c2c(C)nn(CC(=O)Nc3ccn(Cc4ccc(Cl)cc4Cl)n3)c2n1. The molecule has 0 fully saturated rings. The summed E-state index contributed by atoms with van der Waals surface area (Å²) in [6.45, 7) is 3.44. The molecule has 0 aliphatic carbocycles. The van der Waals surface area contributed by atoms with Gasteiger partial charge in [-0.15, -0.1) is 0 Å². The highest BCUT2D eigenvalue weighted by Crippen LogP contribution is 2.30. The number of hydrogen-bond acceptors (Lipinski definition) is 4. The Morgan fingerprint density at radius 2 is 1.94 bits per heavy atom. The van der Waals surface area contributed by atoms with Crippen LogP contribution in [0.1, 0.15) is 28.9 Å². The largest absolute Gasteiger partial charge is 0.308 e. The highest BCUT2D eigenvalue weighted by molar-refractivity contribution is 6.35. The van der Waals surface area contributed by atoms with Crippen LogP contribution in [0, 0.1) is 13.8 Å². The van der Waals surface area contributed by atoms with E-state index in [1.165, 1.54) is 10.7 Å². The fourth-order valence-corrected chi connectivity index (χ4v) is 3.93. The van der Waals surface area contributed by atoms with E-state index in [4.69, 9.17) is 23.2 Å². The first kappa shape index (κ1) is 22.2. The number of nitrogens with zero attached hydrogens (tertiary/aromatic N) is 5. The van der Waals surface area contributed by atoms with Crippen LogP contribution >= 0.6 is 23.2 Å². The maximum Gasteiger partial charge on any atom is 0.264 e. The van der Waals surface area contributed by atoms with Gasteiger partial charge in [-0.2, -0.15) is 10.2 Å². The number of aromatic nitrogens is 5. The molecule has 0 radical (unpaired) electrons. The third-order valence-corrected chi connectivity index (χ3v) is 5.41. The molecule has 3 aromatic heterocycles. The zero-order valence-corrected chi connectivity index (χ0v) is 18.6. The Hall–Kier alpha value is -3.04. The molecule has 1 amide bonds. The molecule has 1 N–H and O–H groups in total. The van der Waals surface area contributed by atoms with E-state index in [2.05, 4.69) is 20.5 Å². The van der Waals surface area contributed by atoms with Crippen LogP contribution in [-0.4, -0.2) is 30.5 Å². The van der Waals surface area contributed by atoms with Gasteiger partial charge in [-0.3, -0.25) is 9.48 Å². The van der Waals surface area contributed by atoms with Crippen molar-refractivity contribution < 1.29 is 13.6 Å². The maximum atomic E-state index is 13.4. The first-order chi connectivity index (χ1) is 15.2. The molecule has 0 bridgehead atoms. The number of hydrogen-bond donors (Lipinski definition) is 1. The summed E-state index contributed by atoms with van der Waals surface area (Å²) in [6, 6.07) is 8.17. The summed E-state index contributed by atoms with van der Waals surface area (Å²) in [5, 5.41) is 12.6. The van der Waals surface area contributed by atoms with Gasteiger partial charge in [-0.25, -0.2) is 18.4 Å². The van der Waals surface area contributed by atoms with E-state index < -0.39 is 12.3 Å². The van der Waals surface area contributed by atoms with Crippen molar-refractivity contribution in [1.82, 2.24) is 24.5 Å². The van der Waals surface area contributed by atoms with E-state index in [0.29, 0.717) is 33.8 Å². The Kier molecular flexibility index (Phi) is 6.12. The average Bonchev–Trinajstić information content (AvgIpc) is 3.27. The van der Waals surface area contributed by atoms with E-state index >= 15 is 0 Å². The van der Waals surface area contributed by atoms with Crippen molar-refractivity contribution in [3.63, 3.8) is 0 Å². The predicted molar refractivity (Wildman–Crippen MR) is 118 cm³/mol. The molecule has 0 aliphatic rings. The zero-order valence-electron chi connectivity index (χ0n) is 17.1. The first-order valence-corrected chi connectivity index (χ1v) is 10.4. The Labute approximate surface area is 192 Å². The second-order valence-corrected chi connectivity index (χ2v) is 8.12. The fourth-order valence-electron chi connectivity index (χ4n) is 3.46. The van der Waals surface area contributed by atoms with Gasteiger partial charge in [0, 0.05) is 33.6 Å². The van der Waals surface area contributed by atoms with Crippen LogP contribution in [0.5, 0.6) is 0 Å². The first-order valence-electron chi connectivity index (χ1n) is 9.61. The van der Waals surface area contributed by atoms with Crippen molar-refractivity contribution >= 4 is 46.0 Å². The van der Waals surface area contributed by atoms with Gasteiger partial charge >= 0.3 is 0 Å². The van der Waals surface area contributed by atoms with Crippen LogP contribution in [0.15, 0.2) is 36.5 Å². The van der Waals surface area contributed by atoms with Crippen molar-refractivity contribution in [3.05, 3.63) is 69.1 Å². The van der Waals surface area contributed by atoms with Crippen LogP contribution in [0.25, 0.3) is 11.0 Å². The molecule has 0 aliphatic heterocycles. The number of alkyl halides is 2. The summed E-state index contributed by atoms with van der Waals surface area (Å²) in [5.74, 6) is -0.0724. The van der Waals surface area contributed by atoms with Gasteiger partial charge in [0.25, 0.3) is 6.43 Å². The molecule has 32 heavy (non-hydrogen) atoms. The topological polar surface area (TPSA) is 77.6 Å². The average molecular weight is 479 g/mol. The Morgan fingerprint density at radius 1 is 1.16 bits per heavy atom. The molecule has 3 heterocycles. The standard InChI is InChI=1S/C21H18Cl2F2N6O/c1-11-7-15(20(24)25)19-12(2)28-31(21(19)26-11)10-18(32)27-17-5-6-30(29-17)9-13-3-4-14(22)8-16(13)23/h3-8,20H,9-10H2,1-2H3,(H,27,29,32). The quantitative estimate of drug-likeness (QED) is 0.414. The highest BCUT2D eigenvalue weighted by Gasteiger charge is 2.21. The van der Waals surface area contributed by atoms with Crippen LogP contribution in [0.2, 0.25) is 10.0 Å². The Balaban J connectivity index is 1.50. The summed E-state index contributed by atoms with van der Waals surface area (Å²) >= 11 is 12.1. The van der Waals surface area contributed by atoms with Crippen molar-refractivity contribution in [3.8, 4) is 0 Å². The smallest absolute Gasteiger partial charge is 0.264 e. The van der Waals surface area contributed by atoms with E-state index in [-0.39, 0.29) is 23.1 Å². The second-order valence-electron chi connectivity index (χ2n) is 7.28. The lowest BCUT2D eigenvalue weighted by Crippen LogP contribution is -2.20. The number of halogens is 4. The van der Waals surface area contributed by atoms with Gasteiger partial charge in [0.2, 0.25) is 5.91 Å². The number of rotatable bonds is 6. The molecule has 0 unspecified atom stereocenters. The number of aryl methyl sites for hydroxylation is 2. The number of anilines is 1. The number of nitrogens with one attached hydrogen (secondary N) is 1. The van der Waals surface area contributed by atoms with Crippen LogP contribution < -0.4 is 5.32 Å². The van der Waals surface area contributed by atoms with Crippen molar-refractivity contribution in [2.24, 2.45) is 0 Å². The lowest BCUT2D eigenvalue weighted by Gasteiger charge is -2.07. The molecule has 0 saturated heterocycles. The maximum absolute atomic E-state index is 13.4. The summed E-state index contributed by atoms with van der Waals surface area (Å²) < 4.78 is 29.8. The molecule has 4 rings (SSSR count). The summed E-state index contributed by atoms with van der Waals surface area (Å²) in [4.78, 5) is 16.9. The minimum Gasteiger partial charge on any atom is -0.308 e. The molecule has 0 saturated carbocycles. The van der Waals surface area contributed by atoms with Gasteiger partial charge in [-0.1, -0.05) is 29.3 Å². The van der Waals surface area contributed by atoms with E-state index in [9.17, 15) is 13.6 Å². The summed E-state index contributed by atoms with van der Waals surface area (Å²) in [6.07, 6.45) is -0.962. The molecular weight excluding hydrogens is 461 g/mol. The molecular formula is C21H18Cl2F2N6O. The van der Waals surface area contributed by atoms with Crippen molar-refractivity contribution in [2.45, 2.75) is 33.4 Å². The van der Waals surface area contributed by atoms with Gasteiger partial charge in [0.1, 0.15) is 6.54 Å². The lowest BCUT2D eigenvalue weighted by atomic mass is 10.1. The molecule has 166 valence electrons. The number of benzene rings is 1. The monoisotopic (exact) mass is 478 g/mol. The number of fused-ring (bicyclic) bond motifs is 1. The number of amides is 1. The number of carbonyl (C=O) groups is 1. The molecule has 1 aromatic carbocycles. The normalized spacial score (nSPS) is 11.5. The number of pyridine rings is 1. The van der Waals surface area contributed by atoms with Crippen LogP contribution in [0.4, 0.5) is 14.6 Å². The molecule has 11 heteroatoms. The number of carbonyl (C=O) groups excluding carboxylic acids is 1. The second kappa shape index (κ2) is 8.84. The minimum absolute atomic E-state index is 0.142. The molecule has 4 aromatic rings. The van der Waals surface area contributed by atoms with E-state index in [1.807, 2.05) is 0 Å². The van der Waals surface area contributed by atoms with E-state index in [0.717, 1.165) is 5.56 Å². The van der Waals surface area contributed by atoms with Crippen molar-refractivity contribution in [1.29, 1.82) is 0 Å². The predicted octanol–water partition coefficient (Wildman–Crippen LogP) is 5.18. The zero-order chi connectivity index (χ0) is 23.0. The minimum atomic E-state index is -2.66. The van der Waals surface area contributed by atoms with Gasteiger partial charge in [0.15, 0.2) is 11.5 Å². The fraction of sp³-hybridized carbons (Fsp3) is 0.238. The summed E-state index contributed by atoms with van der Waals surface area (Å²) in [7, 11) is 0. The molecule has 0 atom stereocenters. The summed E-state index contributed by atoms with van der Waals surface area (Å²) in [5.41, 5.74) is 1.74. The van der Waals surface area contributed by atoms with E-state index in [1.54, 1.807) is 49.0 Å². The molecule has 7 nitrogen and oxygen atoms in total.